The van der Waals surface area contributed by atoms with Gasteiger partial charge in [-0.3, -0.25) is 9.79 Å². The number of halogens is 1. The lowest BCUT2D eigenvalue weighted by Gasteiger charge is -2.07. The molecule has 0 unspecified atom stereocenters. The molecule has 2 heterocycles. The minimum atomic E-state index is -3.88. The Bertz CT molecular complexity index is 1750. The van der Waals surface area contributed by atoms with Crippen molar-refractivity contribution >= 4 is 56.2 Å². The molecule has 9 nitrogen and oxygen atoms in total. The number of aliphatic imine (C=N–C) groups is 1. The largest absolute Gasteiger partial charge is 0.494 e. The molecule has 0 radical (unpaired) electrons. The number of aromatic hydroxyl groups is 1. The van der Waals surface area contributed by atoms with E-state index in [4.69, 9.17) is 11.6 Å². The monoisotopic (exact) mass is 545 g/mol. The quantitative estimate of drug-likeness (QED) is 0.203. The van der Waals surface area contributed by atoms with E-state index in [1.54, 1.807) is 30.3 Å². The Morgan fingerprint density at radius 3 is 2.37 bits per heavy atom. The molecule has 5 aromatic rings. The van der Waals surface area contributed by atoms with Crippen molar-refractivity contribution in [2.75, 3.05) is 4.72 Å². The SMILES string of the molecule is O=C(Cn1c(O)c(C=Nc2ccc(S(=O)(=O)Nc3ncccn3)cc2)c2ccccc21)c1ccc(Cl)cc1. The fourth-order valence-electron chi connectivity index (χ4n) is 3.86. The van der Waals surface area contributed by atoms with Gasteiger partial charge in [0.1, 0.15) is 0 Å². The van der Waals surface area contributed by atoms with Crippen molar-refractivity contribution in [3.63, 3.8) is 0 Å². The third-order valence-electron chi connectivity index (χ3n) is 5.73. The Morgan fingerprint density at radius 2 is 1.66 bits per heavy atom. The Morgan fingerprint density at radius 1 is 0.974 bits per heavy atom. The maximum Gasteiger partial charge on any atom is 0.264 e. The smallest absolute Gasteiger partial charge is 0.264 e. The first kappa shape index (κ1) is 25.1. The van der Waals surface area contributed by atoms with Gasteiger partial charge in [0.25, 0.3) is 10.0 Å². The van der Waals surface area contributed by atoms with Crippen LogP contribution in [0.4, 0.5) is 11.6 Å². The maximum atomic E-state index is 12.9. The van der Waals surface area contributed by atoms with Gasteiger partial charge in [0.05, 0.1) is 28.2 Å². The number of para-hydroxylation sites is 1. The second kappa shape index (κ2) is 10.4. The molecule has 190 valence electrons. The van der Waals surface area contributed by atoms with Crippen molar-refractivity contribution < 1.29 is 18.3 Å². The molecule has 0 spiro atoms. The van der Waals surface area contributed by atoms with Crippen LogP contribution < -0.4 is 4.72 Å². The van der Waals surface area contributed by atoms with Crippen LogP contribution in [0.2, 0.25) is 5.02 Å². The van der Waals surface area contributed by atoms with Crippen molar-refractivity contribution in [2.24, 2.45) is 4.99 Å². The first-order chi connectivity index (χ1) is 18.3. The number of aromatic nitrogens is 3. The maximum absolute atomic E-state index is 12.9. The highest BCUT2D eigenvalue weighted by atomic mass is 35.5. The summed E-state index contributed by atoms with van der Waals surface area (Å²) in [6.07, 6.45) is 4.35. The second-order valence-corrected chi connectivity index (χ2v) is 10.3. The van der Waals surface area contributed by atoms with E-state index in [2.05, 4.69) is 19.7 Å². The van der Waals surface area contributed by atoms with E-state index in [9.17, 15) is 18.3 Å². The number of benzene rings is 3. The molecule has 2 N–H and O–H groups in total. The molecule has 0 bridgehead atoms. The van der Waals surface area contributed by atoms with Gasteiger partial charge in [0.2, 0.25) is 11.8 Å². The Labute approximate surface area is 223 Å². The van der Waals surface area contributed by atoms with Crippen LogP contribution in [0.25, 0.3) is 10.9 Å². The molecule has 0 amide bonds. The van der Waals surface area contributed by atoms with Gasteiger partial charge in [-0.2, -0.15) is 0 Å². The Hall–Kier alpha value is -4.54. The van der Waals surface area contributed by atoms with Crippen LogP contribution in [-0.2, 0) is 16.6 Å². The van der Waals surface area contributed by atoms with Crippen LogP contribution in [0.1, 0.15) is 15.9 Å². The van der Waals surface area contributed by atoms with E-state index in [1.807, 2.05) is 24.3 Å². The third kappa shape index (κ3) is 5.26. The van der Waals surface area contributed by atoms with E-state index in [1.165, 1.54) is 47.4 Å². The van der Waals surface area contributed by atoms with E-state index >= 15 is 0 Å². The highest BCUT2D eigenvalue weighted by Gasteiger charge is 2.18. The van der Waals surface area contributed by atoms with Gasteiger partial charge in [-0.1, -0.05) is 29.8 Å². The zero-order valence-corrected chi connectivity index (χ0v) is 21.3. The zero-order chi connectivity index (χ0) is 26.7. The van der Waals surface area contributed by atoms with E-state index in [0.29, 0.717) is 32.7 Å². The topological polar surface area (TPSA) is 127 Å². The molecular weight excluding hydrogens is 526 g/mol. The summed E-state index contributed by atoms with van der Waals surface area (Å²) in [7, 11) is -3.88. The van der Waals surface area contributed by atoms with Gasteiger partial charge in [0.15, 0.2) is 5.78 Å². The van der Waals surface area contributed by atoms with E-state index < -0.39 is 10.0 Å². The fraction of sp³-hybridized carbons (Fsp3) is 0.0370. The number of sulfonamides is 1. The summed E-state index contributed by atoms with van der Waals surface area (Å²) in [4.78, 5) is 25.0. The minimum Gasteiger partial charge on any atom is -0.494 e. The van der Waals surface area contributed by atoms with Crippen LogP contribution >= 0.6 is 11.6 Å². The molecule has 2 aromatic heterocycles. The number of carbonyl (C=O) groups is 1. The summed E-state index contributed by atoms with van der Waals surface area (Å²) in [5, 5.41) is 12.3. The number of nitrogens with zero attached hydrogens (tertiary/aromatic N) is 4. The van der Waals surface area contributed by atoms with Crippen LogP contribution in [0.5, 0.6) is 5.88 Å². The molecule has 0 fully saturated rings. The van der Waals surface area contributed by atoms with Gasteiger partial charge >= 0.3 is 0 Å². The molecule has 0 aliphatic carbocycles. The molecule has 5 rings (SSSR count). The first-order valence-corrected chi connectivity index (χ1v) is 13.2. The molecule has 0 atom stereocenters. The fourth-order valence-corrected chi connectivity index (χ4v) is 4.94. The van der Waals surface area contributed by atoms with Crippen molar-refractivity contribution in [3.05, 3.63) is 107 Å². The summed E-state index contributed by atoms with van der Waals surface area (Å²) < 4.78 is 29.0. The minimum absolute atomic E-state index is 0.0177. The average molecular weight is 546 g/mol. The van der Waals surface area contributed by atoms with Crippen LogP contribution in [0, 0.1) is 0 Å². The average Bonchev–Trinajstić information content (AvgIpc) is 3.18. The lowest BCUT2D eigenvalue weighted by atomic mass is 10.1. The normalized spacial score (nSPS) is 11.7. The van der Waals surface area contributed by atoms with Crippen LogP contribution in [0.15, 0.2) is 101 Å². The van der Waals surface area contributed by atoms with Gasteiger partial charge in [-0.15, -0.1) is 0 Å². The van der Waals surface area contributed by atoms with Crippen LogP contribution in [-0.4, -0.2) is 40.1 Å². The lowest BCUT2D eigenvalue weighted by molar-refractivity contribution is 0.0970. The summed E-state index contributed by atoms with van der Waals surface area (Å²) in [6, 6.07) is 21.3. The van der Waals surface area contributed by atoms with Crippen molar-refractivity contribution in [1.82, 2.24) is 14.5 Å². The van der Waals surface area contributed by atoms with Crippen molar-refractivity contribution in [1.29, 1.82) is 0 Å². The zero-order valence-electron chi connectivity index (χ0n) is 19.7. The number of Topliss-reactive ketones (excluding diaryl/α,β-unsaturated/α-hetero) is 1. The standard InChI is InChI=1S/C27H20ClN5O4S/c28-19-8-6-18(7-9-19)25(34)17-33-24-5-2-1-4-22(24)23(26(33)35)16-31-20-10-12-21(13-11-20)38(36,37)32-27-29-14-3-15-30-27/h1-16,35H,17H2,(H,29,30,32). The number of anilines is 1. The van der Waals surface area contributed by atoms with Gasteiger partial charge in [0, 0.05) is 34.6 Å². The predicted octanol–water partition coefficient (Wildman–Crippen LogP) is 5.22. The van der Waals surface area contributed by atoms with E-state index in [0.717, 1.165) is 0 Å². The number of rotatable bonds is 8. The summed E-state index contributed by atoms with van der Waals surface area (Å²) in [5.74, 6) is -0.327. The number of hydrogen-bond acceptors (Lipinski definition) is 7. The summed E-state index contributed by atoms with van der Waals surface area (Å²) >= 11 is 5.92. The van der Waals surface area contributed by atoms with E-state index in [-0.39, 0.29) is 29.1 Å². The summed E-state index contributed by atoms with van der Waals surface area (Å²) in [6.45, 7) is -0.0769. The molecular formula is C27H20ClN5O4S. The van der Waals surface area contributed by atoms with Gasteiger partial charge < -0.3 is 9.67 Å². The van der Waals surface area contributed by atoms with Crippen LogP contribution in [0.3, 0.4) is 0 Å². The highest BCUT2D eigenvalue weighted by Crippen LogP contribution is 2.31. The number of fused-ring (bicyclic) bond motifs is 1. The lowest BCUT2D eigenvalue weighted by Crippen LogP contribution is -2.14. The number of hydrogen-bond donors (Lipinski definition) is 2. The third-order valence-corrected chi connectivity index (χ3v) is 7.33. The Balaban J connectivity index is 1.40. The van der Waals surface area contributed by atoms with Gasteiger partial charge in [-0.25, -0.2) is 23.1 Å². The second-order valence-electron chi connectivity index (χ2n) is 8.20. The molecule has 0 saturated heterocycles. The molecule has 11 heteroatoms. The first-order valence-electron chi connectivity index (χ1n) is 11.3. The molecule has 0 saturated carbocycles. The number of carbonyl (C=O) groups excluding carboxylic acids is 1. The molecule has 0 aliphatic rings. The number of ketones is 1. The molecule has 0 aliphatic heterocycles. The predicted molar refractivity (Wildman–Crippen MR) is 146 cm³/mol. The Kier molecular flexibility index (Phi) is 6.91. The number of nitrogens with one attached hydrogen (secondary N) is 1. The van der Waals surface area contributed by atoms with Crippen molar-refractivity contribution in [2.45, 2.75) is 11.4 Å². The molecule has 38 heavy (non-hydrogen) atoms. The van der Waals surface area contributed by atoms with Gasteiger partial charge in [-0.05, 0) is 60.7 Å². The van der Waals surface area contributed by atoms with Crippen molar-refractivity contribution in [3.8, 4) is 5.88 Å². The summed E-state index contributed by atoms with van der Waals surface area (Å²) in [5.41, 5.74) is 2.05. The molecule has 3 aromatic carbocycles. The highest BCUT2D eigenvalue weighted by molar-refractivity contribution is 7.92.